The first-order chi connectivity index (χ1) is 14.9. The summed E-state index contributed by atoms with van der Waals surface area (Å²) in [7, 11) is 0. The van der Waals surface area contributed by atoms with Gasteiger partial charge in [-0.2, -0.15) is 0 Å². The summed E-state index contributed by atoms with van der Waals surface area (Å²) in [4.78, 5) is 7.92. The van der Waals surface area contributed by atoms with Crippen LogP contribution in [0.1, 0.15) is 75.3 Å². The van der Waals surface area contributed by atoms with Crippen LogP contribution in [0.15, 0.2) is 71.9 Å². The number of aliphatic imine (C=N–C) groups is 1. The number of hydrogen-bond donors (Lipinski definition) is 0. The Morgan fingerprint density at radius 1 is 0.700 bits per heavy atom. The van der Waals surface area contributed by atoms with Crippen LogP contribution >= 0.6 is 0 Å². The lowest BCUT2D eigenvalue weighted by Crippen LogP contribution is -2.56. The lowest BCUT2D eigenvalue weighted by molar-refractivity contribution is 0.0601. The molecule has 1 atom stereocenters. The van der Waals surface area contributed by atoms with Crippen molar-refractivity contribution in [3.05, 3.63) is 78.0 Å². The average Bonchev–Trinajstić information content (AvgIpc) is 2.86. The van der Waals surface area contributed by atoms with E-state index in [9.17, 15) is 0 Å². The molecule has 1 aliphatic heterocycles. The zero-order chi connectivity index (χ0) is 20.2. The fourth-order valence-electron chi connectivity index (χ4n) is 6.05. The zero-order valence-corrected chi connectivity index (χ0v) is 18.0. The molecule has 3 aliphatic rings. The molecular formula is C28H34N2. The highest BCUT2D eigenvalue weighted by atomic mass is 15.2. The van der Waals surface area contributed by atoms with Gasteiger partial charge in [0.1, 0.15) is 5.54 Å². The van der Waals surface area contributed by atoms with Gasteiger partial charge in [-0.05, 0) is 37.2 Å². The molecule has 0 amide bonds. The van der Waals surface area contributed by atoms with Crippen molar-refractivity contribution in [2.24, 2.45) is 10.9 Å². The zero-order valence-electron chi connectivity index (χ0n) is 18.0. The highest BCUT2D eigenvalue weighted by molar-refractivity contribution is 5.84. The van der Waals surface area contributed by atoms with Crippen molar-refractivity contribution < 1.29 is 0 Å². The van der Waals surface area contributed by atoms with Gasteiger partial charge in [0.15, 0.2) is 0 Å². The predicted molar refractivity (Wildman–Crippen MR) is 126 cm³/mol. The van der Waals surface area contributed by atoms with Gasteiger partial charge in [-0.3, -0.25) is 4.99 Å². The molecule has 0 spiro atoms. The van der Waals surface area contributed by atoms with Crippen LogP contribution in [0.4, 0.5) is 0 Å². The summed E-state index contributed by atoms with van der Waals surface area (Å²) in [5.41, 5.74) is 3.65. The molecule has 0 saturated heterocycles. The maximum Gasteiger partial charge on any atom is 0.103 e. The van der Waals surface area contributed by atoms with Crippen molar-refractivity contribution in [1.29, 1.82) is 0 Å². The van der Waals surface area contributed by atoms with Crippen LogP contribution in [0.25, 0.3) is 5.70 Å². The summed E-state index contributed by atoms with van der Waals surface area (Å²) in [5.74, 6) is 0.632. The molecule has 30 heavy (non-hydrogen) atoms. The minimum Gasteiger partial charge on any atom is -0.358 e. The van der Waals surface area contributed by atoms with Crippen molar-refractivity contribution in [3.8, 4) is 0 Å². The van der Waals surface area contributed by atoms with Gasteiger partial charge in [0, 0.05) is 24.0 Å². The van der Waals surface area contributed by atoms with E-state index < -0.39 is 0 Å². The quantitative estimate of drug-likeness (QED) is 0.532. The molecule has 2 saturated carbocycles. The lowest BCUT2D eigenvalue weighted by atomic mass is 9.69. The molecule has 2 fully saturated rings. The van der Waals surface area contributed by atoms with E-state index in [0.29, 0.717) is 12.0 Å². The molecule has 1 heterocycles. The van der Waals surface area contributed by atoms with E-state index in [1.807, 2.05) is 0 Å². The van der Waals surface area contributed by atoms with Gasteiger partial charge in [-0.15, -0.1) is 0 Å². The Balaban J connectivity index is 1.63. The van der Waals surface area contributed by atoms with Gasteiger partial charge >= 0.3 is 0 Å². The highest BCUT2D eigenvalue weighted by Crippen LogP contribution is 2.47. The van der Waals surface area contributed by atoms with Crippen molar-refractivity contribution in [2.45, 2.75) is 75.8 Å². The SMILES string of the molecule is C1=NC(c2ccccc2)=CN(C2CCCCC2)[C@@]1(c1ccccc1)C1CCCCC1. The average molecular weight is 399 g/mol. The van der Waals surface area contributed by atoms with Crippen molar-refractivity contribution in [3.63, 3.8) is 0 Å². The third kappa shape index (κ3) is 3.62. The van der Waals surface area contributed by atoms with Gasteiger partial charge in [-0.1, -0.05) is 99.2 Å². The van der Waals surface area contributed by atoms with Gasteiger partial charge in [0.2, 0.25) is 0 Å². The standard InChI is InChI=1S/C28H34N2/c1-5-13-23(14-6-1)27-21-30(26-19-11-4-12-20-26)28(22-29-27,24-15-7-2-8-16-24)25-17-9-3-10-18-25/h1-2,5-8,13-16,21-22,25-26H,3-4,9-12,17-20H2/t28-/m0/s1. The van der Waals surface area contributed by atoms with Crippen LogP contribution in [0.5, 0.6) is 0 Å². The van der Waals surface area contributed by atoms with E-state index in [2.05, 4.69) is 78.0 Å². The molecule has 2 nitrogen and oxygen atoms in total. The Hall–Kier alpha value is -2.35. The summed E-state index contributed by atoms with van der Waals surface area (Å²) < 4.78 is 0. The van der Waals surface area contributed by atoms with Crippen LogP contribution in [0.3, 0.4) is 0 Å². The van der Waals surface area contributed by atoms with Crippen molar-refractivity contribution >= 4 is 11.9 Å². The number of nitrogens with zero attached hydrogens (tertiary/aromatic N) is 2. The highest BCUT2D eigenvalue weighted by Gasteiger charge is 2.47. The van der Waals surface area contributed by atoms with Gasteiger partial charge in [0.05, 0.1) is 5.70 Å². The molecule has 0 N–H and O–H groups in total. The Labute approximate surface area is 181 Å². The summed E-state index contributed by atoms with van der Waals surface area (Å²) in [6.07, 6.45) is 18.1. The molecule has 0 unspecified atom stereocenters. The normalized spacial score (nSPS) is 25.9. The minimum absolute atomic E-state index is 0.109. The number of hydrogen-bond acceptors (Lipinski definition) is 2. The van der Waals surface area contributed by atoms with Crippen LogP contribution < -0.4 is 0 Å². The summed E-state index contributed by atoms with van der Waals surface area (Å²) in [6.45, 7) is 0. The Morgan fingerprint density at radius 3 is 1.97 bits per heavy atom. The van der Waals surface area contributed by atoms with Gasteiger partial charge in [-0.25, -0.2) is 0 Å². The fourth-order valence-corrected chi connectivity index (χ4v) is 6.05. The number of benzene rings is 2. The second-order valence-corrected chi connectivity index (χ2v) is 9.36. The van der Waals surface area contributed by atoms with E-state index in [-0.39, 0.29) is 5.54 Å². The second kappa shape index (κ2) is 8.79. The van der Waals surface area contributed by atoms with E-state index in [1.165, 1.54) is 75.3 Å². The largest absolute Gasteiger partial charge is 0.358 e. The summed E-state index contributed by atoms with van der Waals surface area (Å²) in [5, 5.41) is 0. The van der Waals surface area contributed by atoms with Crippen LogP contribution in [-0.2, 0) is 5.54 Å². The molecule has 0 aromatic heterocycles. The molecule has 5 rings (SSSR count). The first kappa shape index (κ1) is 19.6. The minimum atomic E-state index is -0.109. The van der Waals surface area contributed by atoms with E-state index in [4.69, 9.17) is 4.99 Å². The smallest absolute Gasteiger partial charge is 0.103 e. The van der Waals surface area contributed by atoms with E-state index >= 15 is 0 Å². The fraction of sp³-hybridized carbons (Fsp3) is 0.464. The molecule has 2 heteroatoms. The Bertz CT molecular complexity index is 873. The predicted octanol–water partition coefficient (Wildman–Crippen LogP) is 7.18. The van der Waals surface area contributed by atoms with Gasteiger partial charge < -0.3 is 4.90 Å². The molecule has 2 aromatic rings. The third-order valence-electron chi connectivity index (χ3n) is 7.59. The molecular weight excluding hydrogens is 364 g/mol. The first-order valence-corrected chi connectivity index (χ1v) is 12.0. The van der Waals surface area contributed by atoms with Gasteiger partial charge in [0.25, 0.3) is 0 Å². The maximum atomic E-state index is 5.14. The second-order valence-electron chi connectivity index (χ2n) is 9.36. The topological polar surface area (TPSA) is 15.6 Å². The first-order valence-electron chi connectivity index (χ1n) is 12.0. The number of rotatable bonds is 4. The molecule has 156 valence electrons. The molecule has 0 radical (unpaired) electrons. The Kier molecular flexibility index (Phi) is 5.75. The monoisotopic (exact) mass is 398 g/mol. The van der Waals surface area contributed by atoms with E-state index in [0.717, 1.165) is 5.70 Å². The molecule has 2 aliphatic carbocycles. The van der Waals surface area contributed by atoms with Crippen molar-refractivity contribution in [2.75, 3.05) is 0 Å². The van der Waals surface area contributed by atoms with Crippen LogP contribution in [0, 0.1) is 5.92 Å². The molecule has 2 aromatic carbocycles. The third-order valence-corrected chi connectivity index (χ3v) is 7.59. The molecule has 0 bridgehead atoms. The Morgan fingerprint density at radius 2 is 1.30 bits per heavy atom. The lowest BCUT2D eigenvalue weighted by Gasteiger charge is -2.53. The summed E-state index contributed by atoms with van der Waals surface area (Å²) in [6, 6.07) is 22.6. The van der Waals surface area contributed by atoms with Crippen molar-refractivity contribution in [1.82, 2.24) is 4.90 Å². The van der Waals surface area contributed by atoms with Crippen LogP contribution in [-0.4, -0.2) is 17.2 Å². The maximum absolute atomic E-state index is 5.14. The summed E-state index contributed by atoms with van der Waals surface area (Å²) >= 11 is 0. The van der Waals surface area contributed by atoms with E-state index in [1.54, 1.807) is 0 Å². The van der Waals surface area contributed by atoms with Crippen LogP contribution in [0.2, 0.25) is 0 Å².